The molecule has 0 unspecified atom stereocenters. The van der Waals surface area contributed by atoms with Gasteiger partial charge in [0.05, 0.1) is 0 Å². The van der Waals surface area contributed by atoms with Gasteiger partial charge in [0.2, 0.25) is 0 Å². The average molecular weight is 228 g/mol. The van der Waals surface area contributed by atoms with E-state index in [1.54, 1.807) is 0 Å². The van der Waals surface area contributed by atoms with Crippen molar-refractivity contribution in [3.63, 3.8) is 0 Å². The molecular weight excluding hydrogens is 204 g/mol. The molecule has 0 aromatic rings. The third kappa shape index (κ3) is 6.67. The fraction of sp³-hybridized carbons (Fsp3) is 0.917. The highest BCUT2D eigenvalue weighted by molar-refractivity contribution is 5.67. The molecule has 2 N–H and O–H groups in total. The second kappa shape index (κ2) is 5.53. The maximum absolute atomic E-state index is 11.4. The third-order valence-corrected chi connectivity index (χ3v) is 2.40. The van der Waals surface area contributed by atoms with E-state index in [2.05, 4.69) is 17.6 Å². The van der Waals surface area contributed by atoms with Crippen molar-refractivity contribution < 1.29 is 9.53 Å². The normalized spacial score (nSPS) is 18.0. The zero-order valence-electron chi connectivity index (χ0n) is 10.8. The maximum Gasteiger partial charge on any atom is 0.407 e. The van der Waals surface area contributed by atoms with Gasteiger partial charge in [-0.25, -0.2) is 4.79 Å². The van der Waals surface area contributed by atoms with Crippen LogP contribution in [-0.2, 0) is 4.74 Å². The quantitative estimate of drug-likeness (QED) is 0.755. The van der Waals surface area contributed by atoms with Crippen molar-refractivity contribution in [3.8, 4) is 0 Å². The van der Waals surface area contributed by atoms with Gasteiger partial charge >= 0.3 is 6.09 Å². The summed E-state index contributed by atoms with van der Waals surface area (Å²) >= 11 is 0. The molecule has 1 rings (SSSR count). The van der Waals surface area contributed by atoms with E-state index in [4.69, 9.17) is 4.74 Å². The highest BCUT2D eigenvalue weighted by atomic mass is 16.6. The highest BCUT2D eigenvalue weighted by Crippen LogP contribution is 2.27. The maximum atomic E-state index is 11.4. The predicted octanol–water partition coefficient (Wildman–Crippen LogP) is 1.90. The first-order valence-corrected chi connectivity index (χ1v) is 6.07. The van der Waals surface area contributed by atoms with Gasteiger partial charge in [0.1, 0.15) is 5.60 Å². The molecule has 1 saturated carbocycles. The molecule has 1 amide bonds. The lowest BCUT2D eigenvalue weighted by Gasteiger charge is -2.21. The van der Waals surface area contributed by atoms with Gasteiger partial charge in [0.15, 0.2) is 0 Å². The van der Waals surface area contributed by atoms with Gasteiger partial charge < -0.3 is 15.4 Å². The number of carbonyl (C=O) groups is 1. The van der Waals surface area contributed by atoms with Crippen molar-refractivity contribution >= 4 is 6.09 Å². The molecule has 0 saturated heterocycles. The van der Waals surface area contributed by atoms with Gasteiger partial charge in [0, 0.05) is 12.6 Å². The molecule has 0 spiro atoms. The van der Waals surface area contributed by atoms with E-state index >= 15 is 0 Å². The largest absolute Gasteiger partial charge is 0.444 e. The minimum Gasteiger partial charge on any atom is -0.444 e. The fourth-order valence-electron chi connectivity index (χ4n) is 1.31. The van der Waals surface area contributed by atoms with Crippen LogP contribution in [0.4, 0.5) is 4.79 Å². The molecule has 0 heterocycles. The van der Waals surface area contributed by atoms with Crippen LogP contribution in [0, 0.1) is 5.92 Å². The summed E-state index contributed by atoms with van der Waals surface area (Å²) in [6.07, 6.45) is 2.35. The molecule has 1 atom stereocenters. The second-order valence-corrected chi connectivity index (χ2v) is 5.64. The number of alkyl carbamates (subject to hydrolysis) is 1. The van der Waals surface area contributed by atoms with Crippen LogP contribution in [-0.4, -0.2) is 30.8 Å². The molecule has 16 heavy (non-hydrogen) atoms. The van der Waals surface area contributed by atoms with E-state index in [1.165, 1.54) is 12.8 Å². The molecule has 0 aliphatic heterocycles. The number of amides is 1. The summed E-state index contributed by atoms with van der Waals surface area (Å²) in [5.41, 5.74) is -0.422. The van der Waals surface area contributed by atoms with Gasteiger partial charge in [-0.05, 0) is 53.0 Å². The van der Waals surface area contributed by atoms with Gasteiger partial charge in [-0.1, -0.05) is 0 Å². The van der Waals surface area contributed by atoms with Crippen LogP contribution in [0.3, 0.4) is 0 Å². The Kier molecular flexibility index (Phi) is 4.59. The van der Waals surface area contributed by atoms with Crippen molar-refractivity contribution in [2.75, 3.05) is 13.1 Å². The molecule has 4 nitrogen and oxygen atoms in total. The van der Waals surface area contributed by atoms with Crippen LogP contribution in [0.1, 0.15) is 40.5 Å². The van der Waals surface area contributed by atoms with Crippen molar-refractivity contribution in [3.05, 3.63) is 0 Å². The van der Waals surface area contributed by atoms with E-state index < -0.39 is 5.60 Å². The van der Waals surface area contributed by atoms with Crippen molar-refractivity contribution in [1.82, 2.24) is 10.6 Å². The second-order valence-electron chi connectivity index (χ2n) is 5.64. The molecule has 1 aliphatic rings. The zero-order chi connectivity index (χ0) is 12.2. The SMILES string of the molecule is C[C@H](CNC(=O)OC(C)(C)C)NCC1CC1. The lowest BCUT2D eigenvalue weighted by Crippen LogP contribution is -2.41. The summed E-state index contributed by atoms with van der Waals surface area (Å²) < 4.78 is 5.15. The van der Waals surface area contributed by atoms with Crippen LogP contribution >= 0.6 is 0 Å². The first kappa shape index (κ1) is 13.3. The van der Waals surface area contributed by atoms with Gasteiger partial charge in [-0.2, -0.15) is 0 Å². The summed E-state index contributed by atoms with van der Waals surface area (Å²) in [5.74, 6) is 0.865. The number of rotatable bonds is 5. The lowest BCUT2D eigenvalue weighted by atomic mass is 10.2. The fourth-order valence-corrected chi connectivity index (χ4v) is 1.31. The number of hydrogen-bond acceptors (Lipinski definition) is 3. The van der Waals surface area contributed by atoms with Crippen LogP contribution < -0.4 is 10.6 Å². The molecular formula is C12H24N2O2. The molecule has 0 aromatic heterocycles. The number of nitrogens with one attached hydrogen (secondary N) is 2. The van der Waals surface area contributed by atoms with E-state index in [0.29, 0.717) is 12.6 Å². The summed E-state index contributed by atoms with van der Waals surface area (Å²) in [6.45, 7) is 9.34. The molecule has 0 bridgehead atoms. The summed E-state index contributed by atoms with van der Waals surface area (Å²) in [4.78, 5) is 11.4. The Bertz CT molecular complexity index is 232. The number of hydrogen-bond donors (Lipinski definition) is 2. The van der Waals surface area contributed by atoms with Crippen molar-refractivity contribution in [2.24, 2.45) is 5.92 Å². The summed E-state index contributed by atoms with van der Waals surface area (Å²) in [6, 6.07) is 0.299. The van der Waals surface area contributed by atoms with Gasteiger partial charge in [-0.15, -0.1) is 0 Å². The Labute approximate surface area is 98.1 Å². The first-order valence-electron chi connectivity index (χ1n) is 6.07. The summed E-state index contributed by atoms with van der Waals surface area (Å²) in [7, 11) is 0. The predicted molar refractivity (Wildman–Crippen MR) is 64.4 cm³/mol. The van der Waals surface area contributed by atoms with E-state index in [-0.39, 0.29) is 6.09 Å². The molecule has 0 aromatic carbocycles. The smallest absolute Gasteiger partial charge is 0.407 e. The monoisotopic (exact) mass is 228 g/mol. The third-order valence-electron chi connectivity index (χ3n) is 2.40. The molecule has 4 heteroatoms. The van der Waals surface area contributed by atoms with E-state index in [1.807, 2.05) is 20.8 Å². The van der Waals surface area contributed by atoms with Crippen LogP contribution in [0.2, 0.25) is 0 Å². The Hall–Kier alpha value is -0.770. The minimum atomic E-state index is -0.422. The average Bonchev–Trinajstić information content (AvgIpc) is 2.92. The lowest BCUT2D eigenvalue weighted by molar-refractivity contribution is 0.0523. The minimum absolute atomic E-state index is 0.299. The topological polar surface area (TPSA) is 50.4 Å². The Morgan fingerprint density at radius 1 is 1.44 bits per heavy atom. The van der Waals surface area contributed by atoms with E-state index in [9.17, 15) is 4.79 Å². The van der Waals surface area contributed by atoms with Gasteiger partial charge in [-0.3, -0.25) is 0 Å². The number of ether oxygens (including phenoxy) is 1. The van der Waals surface area contributed by atoms with Crippen molar-refractivity contribution in [2.45, 2.75) is 52.2 Å². The molecule has 1 aliphatic carbocycles. The zero-order valence-corrected chi connectivity index (χ0v) is 10.8. The number of carbonyl (C=O) groups excluding carboxylic acids is 1. The molecule has 0 radical (unpaired) electrons. The van der Waals surface area contributed by atoms with Gasteiger partial charge in [0.25, 0.3) is 0 Å². The molecule has 1 fully saturated rings. The first-order chi connectivity index (χ1) is 7.37. The Morgan fingerprint density at radius 3 is 2.56 bits per heavy atom. The summed E-state index contributed by atoms with van der Waals surface area (Å²) in [5, 5.41) is 6.15. The van der Waals surface area contributed by atoms with Crippen LogP contribution in [0.15, 0.2) is 0 Å². The van der Waals surface area contributed by atoms with E-state index in [0.717, 1.165) is 12.5 Å². The van der Waals surface area contributed by atoms with Crippen molar-refractivity contribution in [1.29, 1.82) is 0 Å². The van der Waals surface area contributed by atoms with Crippen LogP contribution in [0.5, 0.6) is 0 Å². The standard InChI is InChI=1S/C12H24N2O2/c1-9(13-8-10-5-6-10)7-14-11(15)16-12(2,3)4/h9-10,13H,5-8H2,1-4H3,(H,14,15)/t9-/m1/s1. The Balaban J connectivity index is 2.05. The molecule has 94 valence electrons. The van der Waals surface area contributed by atoms with Crippen LogP contribution in [0.25, 0.3) is 0 Å². The highest BCUT2D eigenvalue weighted by Gasteiger charge is 2.21. The Morgan fingerprint density at radius 2 is 2.06 bits per heavy atom.